The van der Waals surface area contributed by atoms with E-state index in [1.807, 2.05) is 60.7 Å². The van der Waals surface area contributed by atoms with Crippen LogP contribution in [0.15, 0.2) is 60.7 Å². The summed E-state index contributed by atoms with van der Waals surface area (Å²) in [7, 11) is 0. The van der Waals surface area contributed by atoms with Gasteiger partial charge in [0.15, 0.2) is 0 Å². The van der Waals surface area contributed by atoms with Crippen LogP contribution in [0.1, 0.15) is 44.7 Å². The first-order chi connectivity index (χ1) is 16.2. The van der Waals surface area contributed by atoms with Crippen LogP contribution in [0.25, 0.3) is 0 Å². The number of hydrogen-bond donors (Lipinski definition) is 3. The van der Waals surface area contributed by atoms with Gasteiger partial charge in [0.25, 0.3) is 0 Å². The fraction of sp³-hybridized carbons (Fsp3) is 0.481. The lowest BCUT2D eigenvalue weighted by Gasteiger charge is -2.36. The monoisotopic (exact) mass is 467 g/mol. The van der Waals surface area contributed by atoms with Gasteiger partial charge in [0, 0.05) is 12.1 Å². The maximum atomic E-state index is 12.9. The number of alkyl carbamates (subject to hydrolysis) is 1. The first kappa shape index (κ1) is 25.7. The van der Waals surface area contributed by atoms with Gasteiger partial charge < -0.3 is 20.5 Å². The Morgan fingerprint density at radius 3 is 2.29 bits per heavy atom. The summed E-state index contributed by atoms with van der Waals surface area (Å²) in [5.74, 6) is -0.0865. The average molecular weight is 468 g/mol. The molecule has 0 unspecified atom stereocenters. The zero-order chi connectivity index (χ0) is 24.6. The highest BCUT2D eigenvalue weighted by Gasteiger charge is 2.37. The van der Waals surface area contributed by atoms with Crippen LogP contribution in [0.3, 0.4) is 0 Å². The van der Waals surface area contributed by atoms with Crippen molar-refractivity contribution in [1.82, 2.24) is 15.5 Å². The molecular formula is C27H37N3O4. The van der Waals surface area contributed by atoms with E-state index in [4.69, 9.17) is 4.74 Å². The van der Waals surface area contributed by atoms with Gasteiger partial charge in [-0.15, -0.1) is 0 Å². The molecule has 7 heteroatoms. The van der Waals surface area contributed by atoms with Crippen LogP contribution < -0.4 is 10.6 Å². The van der Waals surface area contributed by atoms with Gasteiger partial charge in [0.2, 0.25) is 5.91 Å². The molecule has 3 atom stereocenters. The second kappa shape index (κ2) is 12.0. The highest BCUT2D eigenvalue weighted by molar-refractivity contribution is 5.82. The van der Waals surface area contributed by atoms with E-state index in [1.54, 1.807) is 0 Å². The van der Waals surface area contributed by atoms with E-state index in [0.717, 1.165) is 30.5 Å². The lowest BCUT2D eigenvalue weighted by Crippen LogP contribution is -2.54. The Bertz CT molecular complexity index is 914. The largest absolute Gasteiger partial charge is 0.445 e. The summed E-state index contributed by atoms with van der Waals surface area (Å²) < 4.78 is 5.35. The summed E-state index contributed by atoms with van der Waals surface area (Å²) in [6.45, 7) is 7.39. The molecule has 0 bridgehead atoms. The third-order valence-corrected chi connectivity index (χ3v) is 6.18. The van der Waals surface area contributed by atoms with E-state index in [-0.39, 0.29) is 30.6 Å². The first-order valence-corrected chi connectivity index (χ1v) is 12.0. The molecule has 2 amide bonds. The van der Waals surface area contributed by atoms with Crippen LogP contribution in [0.4, 0.5) is 4.79 Å². The summed E-state index contributed by atoms with van der Waals surface area (Å²) in [5.41, 5.74) is 1.75. The average Bonchev–Trinajstić information content (AvgIpc) is 3.33. The number of benzene rings is 2. The number of hydrogen-bond acceptors (Lipinski definition) is 5. The zero-order valence-electron chi connectivity index (χ0n) is 20.4. The Hall–Kier alpha value is -2.90. The minimum absolute atomic E-state index is 0.0454. The molecule has 0 aliphatic carbocycles. The maximum absolute atomic E-state index is 12.9. The summed E-state index contributed by atoms with van der Waals surface area (Å²) in [6, 6.07) is 18.2. The van der Waals surface area contributed by atoms with Crippen molar-refractivity contribution in [1.29, 1.82) is 0 Å². The van der Waals surface area contributed by atoms with Gasteiger partial charge in [-0.3, -0.25) is 9.69 Å². The van der Waals surface area contributed by atoms with E-state index < -0.39 is 18.2 Å². The summed E-state index contributed by atoms with van der Waals surface area (Å²) in [6.07, 6.45) is 0.610. The molecule has 2 aromatic rings. The molecule has 1 heterocycles. The lowest BCUT2D eigenvalue weighted by atomic mass is 10.0. The van der Waals surface area contributed by atoms with Gasteiger partial charge in [0.1, 0.15) is 6.61 Å². The number of carbonyl (C=O) groups is 2. The van der Waals surface area contributed by atoms with Crippen molar-refractivity contribution in [2.75, 3.05) is 13.1 Å². The molecule has 0 spiro atoms. The number of aliphatic hydroxyl groups excluding tert-OH is 1. The molecule has 34 heavy (non-hydrogen) atoms. The second-order valence-electron chi connectivity index (χ2n) is 9.84. The van der Waals surface area contributed by atoms with Crippen molar-refractivity contribution < 1.29 is 19.4 Å². The Morgan fingerprint density at radius 2 is 1.68 bits per heavy atom. The minimum Gasteiger partial charge on any atom is -0.445 e. The van der Waals surface area contributed by atoms with Crippen LogP contribution in [-0.4, -0.2) is 58.8 Å². The first-order valence-electron chi connectivity index (χ1n) is 12.0. The quantitative estimate of drug-likeness (QED) is 0.527. The lowest BCUT2D eigenvalue weighted by molar-refractivity contribution is -0.127. The topological polar surface area (TPSA) is 90.9 Å². The standard InChI is InChI=1S/C27H37N3O4/c1-27(2,3)30-16-10-15-23(30)25(32)28-18-24(31)22(17-20-11-6-4-7-12-20)29-26(33)34-19-21-13-8-5-9-14-21/h4-9,11-14,22-24,31H,10,15-19H2,1-3H3,(H,28,32)(H,29,33)/t22-,23-,24+/m0/s1. The predicted molar refractivity (Wildman–Crippen MR) is 132 cm³/mol. The molecule has 0 saturated carbocycles. The van der Waals surface area contributed by atoms with Crippen LogP contribution >= 0.6 is 0 Å². The van der Waals surface area contributed by atoms with E-state index in [0.29, 0.717) is 6.42 Å². The zero-order valence-corrected chi connectivity index (χ0v) is 20.4. The van der Waals surface area contributed by atoms with E-state index in [2.05, 4.69) is 36.3 Å². The Morgan fingerprint density at radius 1 is 1.06 bits per heavy atom. The summed E-state index contributed by atoms with van der Waals surface area (Å²) in [4.78, 5) is 27.6. The molecule has 1 saturated heterocycles. The van der Waals surface area contributed by atoms with Crippen molar-refractivity contribution in [2.45, 2.75) is 70.4 Å². The number of carbonyl (C=O) groups excluding carboxylic acids is 2. The van der Waals surface area contributed by atoms with Crippen molar-refractivity contribution in [2.24, 2.45) is 0 Å². The molecule has 184 valence electrons. The van der Waals surface area contributed by atoms with E-state index in [1.165, 1.54) is 0 Å². The van der Waals surface area contributed by atoms with Gasteiger partial charge in [-0.25, -0.2) is 4.79 Å². The molecule has 7 nitrogen and oxygen atoms in total. The number of rotatable bonds is 9. The molecule has 1 aliphatic rings. The van der Waals surface area contributed by atoms with Gasteiger partial charge in [-0.1, -0.05) is 60.7 Å². The summed E-state index contributed by atoms with van der Waals surface area (Å²) >= 11 is 0. The Kier molecular flexibility index (Phi) is 9.07. The maximum Gasteiger partial charge on any atom is 0.407 e. The molecule has 1 fully saturated rings. The molecule has 1 aliphatic heterocycles. The Labute approximate surface area is 202 Å². The summed E-state index contributed by atoms with van der Waals surface area (Å²) in [5, 5.41) is 16.6. The smallest absolute Gasteiger partial charge is 0.407 e. The number of likely N-dealkylation sites (tertiary alicyclic amines) is 1. The molecule has 0 radical (unpaired) electrons. The van der Waals surface area contributed by atoms with Gasteiger partial charge in [-0.05, 0) is 57.7 Å². The fourth-order valence-electron chi connectivity index (χ4n) is 4.37. The van der Waals surface area contributed by atoms with Crippen molar-refractivity contribution in [3.05, 3.63) is 71.8 Å². The number of aliphatic hydroxyl groups is 1. The van der Waals surface area contributed by atoms with Crippen LogP contribution in [0, 0.1) is 0 Å². The third kappa shape index (κ3) is 7.57. The highest BCUT2D eigenvalue weighted by atomic mass is 16.5. The third-order valence-electron chi connectivity index (χ3n) is 6.18. The molecule has 3 rings (SSSR count). The minimum atomic E-state index is -0.974. The van der Waals surface area contributed by atoms with Crippen molar-refractivity contribution in [3.8, 4) is 0 Å². The highest BCUT2D eigenvalue weighted by Crippen LogP contribution is 2.26. The van der Waals surface area contributed by atoms with Gasteiger partial charge in [-0.2, -0.15) is 0 Å². The second-order valence-corrected chi connectivity index (χ2v) is 9.84. The number of nitrogens with zero attached hydrogens (tertiary/aromatic N) is 1. The van der Waals surface area contributed by atoms with Crippen LogP contribution in [0.5, 0.6) is 0 Å². The van der Waals surface area contributed by atoms with Gasteiger partial charge in [0.05, 0.1) is 18.2 Å². The molecule has 2 aromatic carbocycles. The van der Waals surface area contributed by atoms with Crippen molar-refractivity contribution in [3.63, 3.8) is 0 Å². The molecular weight excluding hydrogens is 430 g/mol. The van der Waals surface area contributed by atoms with Crippen LogP contribution in [0.2, 0.25) is 0 Å². The normalized spacial score (nSPS) is 18.2. The van der Waals surface area contributed by atoms with Crippen LogP contribution in [-0.2, 0) is 22.6 Å². The Balaban J connectivity index is 1.59. The SMILES string of the molecule is CC(C)(C)N1CCC[C@H]1C(=O)NC[C@@H](O)[C@H](Cc1ccccc1)NC(=O)OCc1ccccc1. The predicted octanol–water partition coefficient (Wildman–Crippen LogP) is 3.26. The van der Waals surface area contributed by atoms with Crippen molar-refractivity contribution >= 4 is 12.0 Å². The number of amides is 2. The fourth-order valence-corrected chi connectivity index (χ4v) is 4.37. The van der Waals surface area contributed by atoms with E-state index >= 15 is 0 Å². The van der Waals surface area contributed by atoms with Gasteiger partial charge >= 0.3 is 6.09 Å². The molecule has 0 aromatic heterocycles. The number of nitrogens with one attached hydrogen (secondary N) is 2. The van der Waals surface area contributed by atoms with E-state index in [9.17, 15) is 14.7 Å². The number of ether oxygens (including phenoxy) is 1. The molecule has 3 N–H and O–H groups in total.